The van der Waals surface area contributed by atoms with Crippen molar-refractivity contribution in [1.29, 1.82) is 0 Å². The maximum absolute atomic E-state index is 10.7. The molecule has 84 valence electrons. The number of carbonyl (C=O) groups is 3. The van der Waals surface area contributed by atoms with Crippen LogP contribution in [0.2, 0.25) is 0 Å². The summed E-state index contributed by atoms with van der Waals surface area (Å²) in [7, 11) is 0. The van der Waals surface area contributed by atoms with Crippen LogP contribution in [0, 0.1) is 0 Å². The number of aliphatic hydroxyl groups is 1. The summed E-state index contributed by atoms with van der Waals surface area (Å²) in [6, 6.07) is 0. The smallest absolute Gasteiger partial charge is 1.00 e. The molecule has 15 heavy (non-hydrogen) atoms. The van der Waals surface area contributed by atoms with Crippen molar-refractivity contribution in [2.75, 3.05) is 0 Å². The molecule has 0 fully saturated rings. The van der Waals surface area contributed by atoms with Gasteiger partial charge < -0.3 is 18.2 Å². The van der Waals surface area contributed by atoms with Gasteiger partial charge in [-0.2, -0.15) is 0 Å². The quantitative estimate of drug-likeness (QED) is 0.152. The van der Waals surface area contributed by atoms with Gasteiger partial charge in [0.2, 0.25) is 5.91 Å². The Morgan fingerprint density at radius 2 is 1.73 bits per heavy atom. The maximum atomic E-state index is 10.7. The van der Waals surface area contributed by atoms with Crippen molar-refractivity contribution in [3.63, 3.8) is 0 Å². The van der Waals surface area contributed by atoms with E-state index in [1.165, 1.54) is 0 Å². The van der Waals surface area contributed by atoms with Crippen LogP contribution in [0.5, 0.6) is 0 Å². The first-order valence-electron chi connectivity index (χ1n) is 3.49. The number of nitrogens with one attached hydrogen (secondary N) is 1. The van der Waals surface area contributed by atoms with E-state index < -0.39 is 36.3 Å². The van der Waals surface area contributed by atoms with Gasteiger partial charge >= 0.3 is 35.0 Å². The molecule has 0 saturated heterocycles. The zero-order chi connectivity index (χ0) is 11.4. The maximum Gasteiger partial charge on any atom is 2.00 e. The fraction of sp³-hybridized carbons (Fsp3) is 0.500. The molecule has 9 heteroatoms. The van der Waals surface area contributed by atoms with Crippen molar-refractivity contribution >= 4 is 40.9 Å². The summed E-state index contributed by atoms with van der Waals surface area (Å²) in [6.07, 6.45) is -1.99. The second-order valence-electron chi connectivity index (χ2n) is 2.65. The van der Waals surface area contributed by atoms with E-state index in [1.807, 2.05) is 0 Å². The van der Waals surface area contributed by atoms with Gasteiger partial charge in [0.25, 0.3) is 0 Å². The number of carbonyl (C=O) groups excluding carboxylic acids is 1. The van der Waals surface area contributed by atoms with E-state index in [4.69, 9.17) is 10.2 Å². The van der Waals surface area contributed by atoms with Gasteiger partial charge in [-0.3, -0.25) is 15.0 Å². The molecule has 0 radical (unpaired) electrons. The molecule has 0 bridgehead atoms. The van der Waals surface area contributed by atoms with Gasteiger partial charge in [-0.1, -0.05) is 0 Å². The molecular weight excluding hydrogens is 220 g/mol. The zero-order valence-electron chi connectivity index (χ0n) is 9.77. The van der Waals surface area contributed by atoms with E-state index in [0.717, 1.165) is 0 Å². The Hall–Kier alpha value is -0.904. The zero-order valence-corrected chi connectivity index (χ0v) is 9.18. The molecule has 0 aromatic carbocycles. The second-order valence-corrected chi connectivity index (χ2v) is 2.65. The molecule has 8 nitrogen and oxygen atoms in total. The molecule has 0 aromatic heterocycles. The predicted molar refractivity (Wildman–Crippen MR) is 49.8 cm³/mol. The SMILES string of the molecule is NNC(=O)CC(O)(CC(=O)O)C(=O)O.[H-].[H-].[Mg+2]. The fourth-order valence-corrected chi connectivity index (χ4v) is 0.781. The Kier molecular flexibility index (Phi) is 7.22. The normalized spacial score (nSPS) is 13.2. The molecule has 1 amide bonds. The number of aliphatic carboxylic acids is 2. The molecular formula is C6H12MgN2O6. The van der Waals surface area contributed by atoms with Crippen LogP contribution >= 0.6 is 0 Å². The number of nitrogens with two attached hydrogens (primary N) is 1. The second kappa shape index (κ2) is 6.56. The van der Waals surface area contributed by atoms with E-state index in [1.54, 1.807) is 5.43 Å². The van der Waals surface area contributed by atoms with Crippen LogP contribution in [0.25, 0.3) is 0 Å². The van der Waals surface area contributed by atoms with Gasteiger partial charge in [0.05, 0.1) is 12.8 Å². The molecule has 0 saturated carbocycles. The molecule has 0 aliphatic carbocycles. The molecule has 0 aliphatic rings. The van der Waals surface area contributed by atoms with Crippen molar-refractivity contribution in [3.05, 3.63) is 0 Å². The number of amides is 1. The van der Waals surface area contributed by atoms with Crippen LogP contribution in [0.3, 0.4) is 0 Å². The van der Waals surface area contributed by atoms with Gasteiger partial charge in [0, 0.05) is 0 Å². The van der Waals surface area contributed by atoms with E-state index in [9.17, 15) is 19.5 Å². The van der Waals surface area contributed by atoms with Gasteiger partial charge in [0.1, 0.15) is 0 Å². The Morgan fingerprint density at radius 3 is 2.00 bits per heavy atom. The number of hydrazine groups is 1. The summed E-state index contributed by atoms with van der Waals surface area (Å²) in [5, 5.41) is 26.1. The third-order valence-electron chi connectivity index (χ3n) is 1.46. The first kappa shape index (κ1) is 16.5. The fourth-order valence-electron chi connectivity index (χ4n) is 0.781. The molecule has 1 unspecified atom stereocenters. The largest absolute Gasteiger partial charge is 2.00 e. The minimum Gasteiger partial charge on any atom is -1.00 e. The molecule has 0 spiro atoms. The number of rotatable bonds is 5. The van der Waals surface area contributed by atoms with Gasteiger partial charge in [-0.05, 0) is 0 Å². The molecule has 6 N–H and O–H groups in total. The van der Waals surface area contributed by atoms with Crippen LogP contribution in [-0.4, -0.2) is 61.8 Å². The molecule has 0 rings (SSSR count). The Bertz CT molecular complexity index is 279. The predicted octanol–water partition coefficient (Wildman–Crippen LogP) is -2.50. The van der Waals surface area contributed by atoms with Crippen molar-refractivity contribution in [3.8, 4) is 0 Å². The standard InChI is InChI=1S/C6H10N2O6.Mg.2H/c7-8-3(9)1-6(14,5(12)13)2-4(10)11;;;/h14H,1-2,7H2,(H,8,9)(H,10,11)(H,12,13);;;/q;+2;2*-1. The van der Waals surface area contributed by atoms with Crippen molar-refractivity contribution in [2.24, 2.45) is 5.84 Å². The minimum atomic E-state index is -2.63. The Labute approximate surface area is 104 Å². The van der Waals surface area contributed by atoms with Crippen LogP contribution < -0.4 is 11.3 Å². The monoisotopic (exact) mass is 232 g/mol. The minimum absolute atomic E-state index is 0. The van der Waals surface area contributed by atoms with E-state index in [0.29, 0.717) is 0 Å². The Balaban J connectivity index is -0.000000282. The molecule has 0 heterocycles. The van der Waals surface area contributed by atoms with E-state index >= 15 is 0 Å². The average molecular weight is 232 g/mol. The number of hydrogen-bond acceptors (Lipinski definition) is 5. The summed E-state index contributed by atoms with van der Waals surface area (Å²) in [6.45, 7) is 0. The molecule has 0 aromatic rings. The number of carboxylic acids is 2. The first-order chi connectivity index (χ1) is 6.31. The van der Waals surface area contributed by atoms with E-state index in [2.05, 4.69) is 5.84 Å². The summed E-state index contributed by atoms with van der Waals surface area (Å²) in [5.74, 6) is 0.381. The van der Waals surface area contributed by atoms with Crippen molar-refractivity contribution < 1.29 is 32.6 Å². The third-order valence-corrected chi connectivity index (χ3v) is 1.46. The van der Waals surface area contributed by atoms with Crippen LogP contribution in [0.1, 0.15) is 15.7 Å². The summed E-state index contributed by atoms with van der Waals surface area (Å²) in [4.78, 5) is 31.3. The summed E-state index contributed by atoms with van der Waals surface area (Å²) >= 11 is 0. The molecule has 0 aliphatic heterocycles. The summed E-state index contributed by atoms with van der Waals surface area (Å²) < 4.78 is 0. The number of carboxylic acid groups (broad SMARTS) is 2. The van der Waals surface area contributed by atoms with Crippen LogP contribution in [0.4, 0.5) is 0 Å². The topological polar surface area (TPSA) is 150 Å². The van der Waals surface area contributed by atoms with Crippen LogP contribution in [-0.2, 0) is 14.4 Å². The van der Waals surface area contributed by atoms with Gasteiger partial charge in [-0.15, -0.1) is 0 Å². The number of hydrogen-bond donors (Lipinski definition) is 5. The average Bonchev–Trinajstić information content (AvgIpc) is 2.02. The van der Waals surface area contributed by atoms with Gasteiger partial charge in [0.15, 0.2) is 5.60 Å². The van der Waals surface area contributed by atoms with Gasteiger partial charge in [-0.25, -0.2) is 10.6 Å². The third kappa shape index (κ3) is 5.52. The first-order valence-corrected chi connectivity index (χ1v) is 3.49. The van der Waals surface area contributed by atoms with Crippen molar-refractivity contribution in [1.82, 2.24) is 5.43 Å². The van der Waals surface area contributed by atoms with E-state index in [-0.39, 0.29) is 25.9 Å². The Morgan fingerprint density at radius 1 is 1.27 bits per heavy atom. The van der Waals surface area contributed by atoms with Crippen molar-refractivity contribution in [2.45, 2.75) is 18.4 Å². The summed E-state index contributed by atoms with van der Waals surface area (Å²) in [5.41, 5.74) is -1.04. The van der Waals surface area contributed by atoms with Crippen LogP contribution in [0.15, 0.2) is 0 Å². The molecule has 1 atom stereocenters.